The predicted molar refractivity (Wildman–Crippen MR) is 117 cm³/mol. The number of carbonyl (C=O) groups is 1. The van der Waals surface area contributed by atoms with Crippen molar-refractivity contribution in [1.29, 1.82) is 0 Å². The summed E-state index contributed by atoms with van der Waals surface area (Å²) >= 11 is 0. The Labute approximate surface area is 172 Å². The van der Waals surface area contributed by atoms with Gasteiger partial charge in [0, 0.05) is 81.6 Å². The normalized spacial score (nSPS) is 15.1. The number of aromatic nitrogens is 2. The highest BCUT2D eigenvalue weighted by molar-refractivity contribution is 5.84. The maximum absolute atomic E-state index is 12.6. The number of carbonyl (C=O) groups excluding carboxylic acids is 1. The first-order valence-corrected chi connectivity index (χ1v) is 10.6. The van der Waals surface area contributed by atoms with Gasteiger partial charge in [0.25, 0.3) is 0 Å². The molecular weight excluding hydrogens is 360 g/mol. The van der Waals surface area contributed by atoms with Crippen molar-refractivity contribution in [3.63, 3.8) is 0 Å². The summed E-state index contributed by atoms with van der Waals surface area (Å²) in [5.41, 5.74) is 3.74. The molecule has 0 aliphatic carbocycles. The first-order valence-electron chi connectivity index (χ1n) is 10.6. The van der Waals surface area contributed by atoms with Gasteiger partial charge in [0.15, 0.2) is 0 Å². The Morgan fingerprint density at radius 2 is 1.79 bits per heavy atom. The van der Waals surface area contributed by atoms with Crippen molar-refractivity contribution in [2.45, 2.75) is 25.7 Å². The number of hydrogen-bond donors (Lipinski definition) is 0. The second-order valence-corrected chi connectivity index (χ2v) is 7.93. The topological polar surface area (TPSA) is 41.4 Å². The molecule has 5 nitrogen and oxygen atoms in total. The summed E-state index contributed by atoms with van der Waals surface area (Å²) < 4.78 is 2.18. The zero-order chi connectivity index (χ0) is 20.1. The molecule has 1 saturated heterocycles. The SMILES string of the molecule is Cn1cc(CCCC(=O)N2CCN(CCc3ccccn3)CC2)c2ccccc21. The van der Waals surface area contributed by atoms with Gasteiger partial charge in [-0.25, -0.2) is 0 Å². The van der Waals surface area contributed by atoms with Crippen LogP contribution in [0.15, 0.2) is 54.9 Å². The van der Waals surface area contributed by atoms with Gasteiger partial charge in [0.05, 0.1) is 0 Å². The average molecular weight is 391 g/mol. The standard InChI is InChI=1S/C24H30N4O/c1-26-19-20(22-9-2-3-10-23(22)26)7-6-11-24(29)28-17-15-27(16-18-28)14-12-21-8-4-5-13-25-21/h2-5,8-10,13,19H,6-7,11-12,14-18H2,1H3. The summed E-state index contributed by atoms with van der Waals surface area (Å²) in [6, 6.07) is 14.6. The molecule has 1 fully saturated rings. The smallest absolute Gasteiger partial charge is 0.222 e. The fraction of sp³-hybridized carbons (Fsp3) is 0.417. The Balaban J connectivity index is 1.20. The number of pyridine rings is 1. The third-order valence-electron chi connectivity index (χ3n) is 5.95. The molecule has 152 valence electrons. The number of piperazine rings is 1. The lowest BCUT2D eigenvalue weighted by molar-refractivity contribution is -0.133. The molecule has 0 saturated carbocycles. The van der Waals surface area contributed by atoms with Gasteiger partial charge >= 0.3 is 0 Å². The molecule has 0 bridgehead atoms. The van der Waals surface area contributed by atoms with E-state index in [4.69, 9.17) is 0 Å². The third kappa shape index (κ3) is 4.85. The van der Waals surface area contributed by atoms with E-state index in [-0.39, 0.29) is 0 Å². The molecule has 0 radical (unpaired) electrons. The van der Waals surface area contributed by atoms with E-state index in [9.17, 15) is 4.79 Å². The van der Waals surface area contributed by atoms with Crippen molar-refractivity contribution < 1.29 is 4.79 Å². The monoisotopic (exact) mass is 390 g/mol. The van der Waals surface area contributed by atoms with Crippen LogP contribution in [-0.4, -0.2) is 58.0 Å². The molecule has 0 N–H and O–H groups in total. The van der Waals surface area contributed by atoms with Crippen LogP contribution in [-0.2, 0) is 24.7 Å². The molecule has 0 atom stereocenters. The molecule has 1 aliphatic rings. The van der Waals surface area contributed by atoms with E-state index < -0.39 is 0 Å². The van der Waals surface area contributed by atoms with Gasteiger partial charge in [-0.1, -0.05) is 24.3 Å². The number of para-hydroxylation sites is 1. The molecule has 0 unspecified atom stereocenters. The Kier molecular flexibility index (Phi) is 6.25. The first-order chi connectivity index (χ1) is 14.2. The molecule has 3 heterocycles. The Bertz CT molecular complexity index is 942. The van der Waals surface area contributed by atoms with Gasteiger partial charge < -0.3 is 9.47 Å². The summed E-state index contributed by atoms with van der Waals surface area (Å²) in [4.78, 5) is 21.5. The molecule has 0 spiro atoms. The number of nitrogens with zero attached hydrogens (tertiary/aromatic N) is 4. The van der Waals surface area contributed by atoms with Crippen molar-refractivity contribution in [2.24, 2.45) is 7.05 Å². The molecule has 1 aromatic carbocycles. The Morgan fingerprint density at radius 1 is 1.00 bits per heavy atom. The van der Waals surface area contributed by atoms with Gasteiger partial charge in [-0.3, -0.25) is 14.7 Å². The first kappa shape index (κ1) is 19.6. The van der Waals surface area contributed by atoms with Crippen LogP contribution < -0.4 is 0 Å². The zero-order valence-corrected chi connectivity index (χ0v) is 17.3. The lowest BCUT2D eigenvalue weighted by Gasteiger charge is -2.34. The van der Waals surface area contributed by atoms with Crippen LogP contribution in [0.5, 0.6) is 0 Å². The summed E-state index contributed by atoms with van der Waals surface area (Å²) in [6.07, 6.45) is 7.53. The van der Waals surface area contributed by atoms with Crippen LogP contribution in [0, 0.1) is 0 Å². The van der Waals surface area contributed by atoms with Crippen molar-refractivity contribution >= 4 is 16.8 Å². The van der Waals surface area contributed by atoms with Crippen LogP contribution >= 0.6 is 0 Å². The van der Waals surface area contributed by atoms with Gasteiger partial charge in [-0.15, -0.1) is 0 Å². The number of rotatable bonds is 7. The number of fused-ring (bicyclic) bond motifs is 1. The van der Waals surface area contributed by atoms with E-state index in [0.29, 0.717) is 12.3 Å². The van der Waals surface area contributed by atoms with Crippen molar-refractivity contribution in [3.05, 3.63) is 66.1 Å². The van der Waals surface area contributed by atoms with Gasteiger partial charge in [-0.05, 0) is 36.6 Å². The van der Waals surface area contributed by atoms with E-state index in [2.05, 4.69) is 58.0 Å². The van der Waals surface area contributed by atoms with Crippen LogP contribution in [0.4, 0.5) is 0 Å². The molecule has 5 heteroatoms. The lowest BCUT2D eigenvalue weighted by atomic mass is 10.1. The third-order valence-corrected chi connectivity index (χ3v) is 5.95. The number of amides is 1. The van der Waals surface area contributed by atoms with Gasteiger partial charge in [-0.2, -0.15) is 0 Å². The highest BCUT2D eigenvalue weighted by Gasteiger charge is 2.20. The van der Waals surface area contributed by atoms with Gasteiger partial charge in [0.2, 0.25) is 5.91 Å². The minimum Gasteiger partial charge on any atom is -0.350 e. The quantitative estimate of drug-likeness (QED) is 0.622. The van der Waals surface area contributed by atoms with E-state index in [1.165, 1.54) is 16.5 Å². The molecule has 2 aromatic heterocycles. The van der Waals surface area contributed by atoms with E-state index >= 15 is 0 Å². The maximum Gasteiger partial charge on any atom is 0.222 e. The van der Waals surface area contributed by atoms with E-state index in [0.717, 1.165) is 57.7 Å². The van der Waals surface area contributed by atoms with Crippen LogP contribution in [0.3, 0.4) is 0 Å². The summed E-state index contributed by atoms with van der Waals surface area (Å²) in [6.45, 7) is 4.62. The second kappa shape index (κ2) is 9.23. The molecular formula is C24H30N4O. The summed E-state index contributed by atoms with van der Waals surface area (Å²) in [7, 11) is 2.09. The minimum atomic E-state index is 0.301. The number of hydrogen-bond acceptors (Lipinski definition) is 3. The zero-order valence-electron chi connectivity index (χ0n) is 17.3. The molecule has 29 heavy (non-hydrogen) atoms. The van der Waals surface area contributed by atoms with Gasteiger partial charge in [0.1, 0.15) is 0 Å². The van der Waals surface area contributed by atoms with Crippen molar-refractivity contribution in [1.82, 2.24) is 19.4 Å². The number of aryl methyl sites for hydroxylation is 2. The molecule has 1 amide bonds. The van der Waals surface area contributed by atoms with Crippen LogP contribution in [0.25, 0.3) is 10.9 Å². The fourth-order valence-electron chi connectivity index (χ4n) is 4.25. The molecule has 4 rings (SSSR count). The summed E-state index contributed by atoms with van der Waals surface area (Å²) in [5.74, 6) is 0.301. The summed E-state index contributed by atoms with van der Waals surface area (Å²) in [5, 5.41) is 1.31. The molecule has 3 aromatic rings. The second-order valence-electron chi connectivity index (χ2n) is 7.93. The highest BCUT2D eigenvalue weighted by atomic mass is 16.2. The van der Waals surface area contributed by atoms with E-state index in [1.807, 2.05) is 23.2 Å². The largest absolute Gasteiger partial charge is 0.350 e. The van der Waals surface area contributed by atoms with Crippen LogP contribution in [0.2, 0.25) is 0 Å². The fourth-order valence-corrected chi connectivity index (χ4v) is 4.25. The van der Waals surface area contributed by atoms with Crippen LogP contribution in [0.1, 0.15) is 24.1 Å². The van der Waals surface area contributed by atoms with Crippen molar-refractivity contribution in [3.8, 4) is 0 Å². The number of benzene rings is 1. The Hall–Kier alpha value is -2.66. The molecule has 1 aliphatic heterocycles. The predicted octanol–water partition coefficient (Wildman–Crippen LogP) is 3.28. The highest BCUT2D eigenvalue weighted by Crippen LogP contribution is 2.22. The minimum absolute atomic E-state index is 0.301. The van der Waals surface area contributed by atoms with E-state index in [1.54, 1.807) is 0 Å². The van der Waals surface area contributed by atoms with Crippen molar-refractivity contribution in [2.75, 3.05) is 32.7 Å². The lowest BCUT2D eigenvalue weighted by Crippen LogP contribution is -2.49. The average Bonchev–Trinajstić information content (AvgIpc) is 3.09. The maximum atomic E-state index is 12.6. The Morgan fingerprint density at radius 3 is 2.59 bits per heavy atom.